The largest absolute Gasteiger partial charge is 0.497 e. The average molecular weight is 421 g/mol. The van der Waals surface area contributed by atoms with Crippen molar-refractivity contribution in [3.63, 3.8) is 0 Å². The highest BCUT2D eigenvalue weighted by atomic mass is 32.2. The van der Waals surface area contributed by atoms with Gasteiger partial charge >= 0.3 is 5.97 Å². The summed E-state index contributed by atoms with van der Waals surface area (Å²) >= 11 is 0. The van der Waals surface area contributed by atoms with Crippen molar-refractivity contribution in [3.05, 3.63) is 54.1 Å². The molecule has 0 fully saturated rings. The first-order valence-corrected chi connectivity index (χ1v) is 10.4. The lowest BCUT2D eigenvalue weighted by molar-refractivity contribution is -0.144. The molecule has 0 saturated heterocycles. The highest BCUT2D eigenvalue weighted by molar-refractivity contribution is 7.89. The van der Waals surface area contributed by atoms with Crippen LogP contribution in [-0.2, 0) is 19.6 Å². The Morgan fingerprint density at radius 1 is 1.00 bits per heavy atom. The molecular weight excluding hydrogens is 398 g/mol. The van der Waals surface area contributed by atoms with E-state index in [0.29, 0.717) is 23.7 Å². The van der Waals surface area contributed by atoms with Gasteiger partial charge in [0, 0.05) is 5.56 Å². The maximum absolute atomic E-state index is 12.3. The van der Waals surface area contributed by atoms with Gasteiger partial charge in [-0.05, 0) is 62.4 Å². The van der Waals surface area contributed by atoms with Crippen LogP contribution in [0.25, 0.3) is 0 Å². The van der Waals surface area contributed by atoms with Crippen molar-refractivity contribution in [1.29, 1.82) is 0 Å². The van der Waals surface area contributed by atoms with Gasteiger partial charge in [0.2, 0.25) is 15.8 Å². The molecule has 156 valence electrons. The number of esters is 1. The minimum Gasteiger partial charge on any atom is -0.497 e. The van der Waals surface area contributed by atoms with E-state index in [9.17, 15) is 18.0 Å². The summed E-state index contributed by atoms with van der Waals surface area (Å²) in [4.78, 5) is 24.3. The monoisotopic (exact) mass is 421 g/mol. The Balaban J connectivity index is 1.91. The van der Waals surface area contributed by atoms with Crippen LogP contribution in [0.1, 0.15) is 24.2 Å². The molecule has 1 N–H and O–H groups in total. The van der Waals surface area contributed by atoms with Gasteiger partial charge in [-0.2, -0.15) is 4.72 Å². The van der Waals surface area contributed by atoms with Gasteiger partial charge in [-0.25, -0.2) is 8.42 Å². The predicted octanol–water partition coefficient (Wildman–Crippen LogP) is 2.19. The van der Waals surface area contributed by atoms with Gasteiger partial charge in [0.25, 0.3) is 0 Å². The van der Waals surface area contributed by atoms with Gasteiger partial charge in [-0.3, -0.25) is 9.59 Å². The number of ether oxygens (including phenoxy) is 3. The Morgan fingerprint density at radius 2 is 1.59 bits per heavy atom. The maximum Gasteiger partial charge on any atom is 0.321 e. The van der Waals surface area contributed by atoms with Crippen LogP contribution < -0.4 is 14.2 Å². The average Bonchev–Trinajstić information content (AvgIpc) is 2.72. The van der Waals surface area contributed by atoms with E-state index in [1.54, 1.807) is 24.3 Å². The highest BCUT2D eigenvalue weighted by Crippen LogP contribution is 2.16. The first-order valence-electron chi connectivity index (χ1n) is 8.87. The van der Waals surface area contributed by atoms with Crippen molar-refractivity contribution in [2.24, 2.45) is 0 Å². The Labute approximate surface area is 169 Å². The fraction of sp³-hybridized carbons (Fsp3) is 0.300. The SMILES string of the molecule is CCOc1ccc(S(=O)(=O)NCC(=O)O[C@@H](C)C(=O)c2ccc(OC)cc2)cc1. The van der Waals surface area contributed by atoms with E-state index >= 15 is 0 Å². The molecule has 0 amide bonds. The fourth-order valence-corrected chi connectivity index (χ4v) is 3.37. The number of methoxy groups -OCH3 is 1. The molecular formula is C20H23NO7S. The van der Waals surface area contributed by atoms with Crippen molar-refractivity contribution in [2.75, 3.05) is 20.3 Å². The van der Waals surface area contributed by atoms with Crippen LogP contribution in [0.3, 0.4) is 0 Å². The van der Waals surface area contributed by atoms with Gasteiger partial charge in [-0.1, -0.05) is 0 Å². The molecule has 0 aliphatic heterocycles. The van der Waals surface area contributed by atoms with Crippen LogP contribution in [0.2, 0.25) is 0 Å². The number of ketones is 1. The molecule has 29 heavy (non-hydrogen) atoms. The summed E-state index contributed by atoms with van der Waals surface area (Å²) in [7, 11) is -2.40. The van der Waals surface area contributed by atoms with Crippen molar-refractivity contribution in [1.82, 2.24) is 4.72 Å². The normalized spacial score (nSPS) is 12.1. The third-order valence-corrected chi connectivity index (χ3v) is 5.32. The van der Waals surface area contributed by atoms with E-state index in [-0.39, 0.29) is 4.90 Å². The molecule has 9 heteroatoms. The molecule has 2 aromatic rings. The van der Waals surface area contributed by atoms with Gasteiger partial charge in [0.15, 0.2) is 6.10 Å². The molecule has 0 heterocycles. The molecule has 0 saturated carbocycles. The molecule has 2 rings (SSSR count). The zero-order valence-electron chi connectivity index (χ0n) is 16.4. The molecule has 0 aromatic heterocycles. The number of rotatable bonds is 10. The second kappa shape index (κ2) is 10.0. The van der Waals surface area contributed by atoms with Crippen LogP contribution >= 0.6 is 0 Å². The molecule has 0 aliphatic rings. The first kappa shape index (κ1) is 22.4. The van der Waals surface area contributed by atoms with Gasteiger partial charge in [0.1, 0.15) is 18.0 Å². The Bertz CT molecular complexity index is 938. The number of Topliss-reactive ketones (excluding diaryl/α,β-unsaturated/α-hetero) is 1. The summed E-state index contributed by atoms with van der Waals surface area (Å²) in [5.74, 6) is -0.143. The Hall–Kier alpha value is -2.91. The number of hydrogen-bond acceptors (Lipinski definition) is 7. The molecule has 0 unspecified atom stereocenters. The molecule has 0 bridgehead atoms. The third-order valence-electron chi connectivity index (χ3n) is 3.90. The highest BCUT2D eigenvalue weighted by Gasteiger charge is 2.21. The van der Waals surface area contributed by atoms with Gasteiger partial charge in [0.05, 0.1) is 18.6 Å². The number of benzene rings is 2. The van der Waals surface area contributed by atoms with Gasteiger partial charge < -0.3 is 14.2 Å². The summed E-state index contributed by atoms with van der Waals surface area (Å²) < 4.78 is 42.0. The zero-order valence-corrected chi connectivity index (χ0v) is 17.2. The maximum atomic E-state index is 12.3. The lowest BCUT2D eigenvalue weighted by atomic mass is 10.1. The molecule has 0 aliphatic carbocycles. The second-order valence-corrected chi connectivity index (χ2v) is 7.72. The van der Waals surface area contributed by atoms with Crippen LogP contribution in [0, 0.1) is 0 Å². The van der Waals surface area contributed by atoms with E-state index in [1.165, 1.54) is 38.3 Å². The van der Waals surface area contributed by atoms with Crippen molar-refractivity contribution in [3.8, 4) is 11.5 Å². The number of hydrogen-bond donors (Lipinski definition) is 1. The fourth-order valence-electron chi connectivity index (χ4n) is 2.40. The quantitative estimate of drug-likeness (QED) is 0.463. The Morgan fingerprint density at radius 3 is 2.14 bits per heavy atom. The lowest BCUT2D eigenvalue weighted by Gasteiger charge is -2.13. The van der Waals surface area contributed by atoms with E-state index in [2.05, 4.69) is 4.72 Å². The topological polar surface area (TPSA) is 108 Å². The number of sulfonamides is 1. The van der Waals surface area contributed by atoms with E-state index < -0.39 is 34.4 Å². The van der Waals surface area contributed by atoms with Gasteiger partial charge in [-0.15, -0.1) is 0 Å². The number of nitrogens with one attached hydrogen (secondary N) is 1. The molecule has 1 atom stereocenters. The van der Waals surface area contributed by atoms with Crippen LogP contribution in [-0.4, -0.2) is 46.5 Å². The summed E-state index contributed by atoms with van der Waals surface area (Å²) in [6.07, 6.45) is -1.06. The van der Waals surface area contributed by atoms with Crippen molar-refractivity contribution >= 4 is 21.8 Å². The van der Waals surface area contributed by atoms with Crippen LogP contribution in [0.5, 0.6) is 11.5 Å². The minimum atomic E-state index is -3.91. The molecule has 8 nitrogen and oxygen atoms in total. The van der Waals surface area contributed by atoms with Crippen molar-refractivity contribution in [2.45, 2.75) is 24.8 Å². The Kier molecular flexibility index (Phi) is 7.74. The first-order chi connectivity index (χ1) is 13.8. The number of carbonyl (C=O) groups excluding carboxylic acids is 2. The predicted molar refractivity (Wildman–Crippen MR) is 106 cm³/mol. The summed E-state index contributed by atoms with van der Waals surface area (Å²) in [6.45, 7) is 3.10. The zero-order chi connectivity index (χ0) is 21.4. The summed E-state index contributed by atoms with van der Waals surface area (Å²) in [5.41, 5.74) is 0.348. The van der Waals surface area contributed by atoms with Crippen molar-refractivity contribution < 1.29 is 32.2 Å². The minimum absolute atomic E-state index is 0.0175. The van der Waals surface area contributed by atoms with E-state index in [0.717, 1.165) is 0 Å². The number of carbonyl (C=O) groups is 2. The van der Waals surface area contributed by atoms with E-state index in [4.69, 9.17) is 14.2 Å². The smallest absolute Gasteiger partial charge is 0.321 e. The van der Waals surface area contributed by atoms with Crippen LogP contribution in [0.4, 0.5) is 0 Å². The molecule has 0 spiro atoms. The summed E-state index contributed by atoms with van der Waals surface area (Å²) in [5, 5.41) is 0. The van der Waals surface area contributed by atoms with E-state index in [1.807, 2.05) is 6.92 Å². The molecule has 0 radical (unpaired) electrons. The standard InChI is InChI=1S/C20H23NO7S/c1-4-27-17-9-11-18(12-10-17)29(24,25)21-13-19(22)28-14(2)20(23)15-5-7-16(26-3)8-6-15/h5-12,14,21H,4,13H2,1-3H3/t14-/m0/s1. The van der Waals surface area contributed by atoms with Crippen LogP contribution in [0.15, 0.2) is 53.4 Å². The summed E-state index contributed by atoms with van der Waals surface area (Å²) in [6, 6.07) is 12.1. The third kappa shape index (κ3) is 6.30. The molecule has 2 aromatic carbocycles. The second-order valence-electron chi connectivity index (χ2n) is 5.95. The lowest BCUT2D eigenvalue weighted by Crippen LogP contribution is -2.34.